The average molecular weight is 309 g/mol. The second-order valence-corrected chi connectivity index (χ2v) is 4.60. The van der Waals surface area contributed by atoms with Crippen LogP contribution in [0.1, 0.15) is 15.9 Å². The number of methoxy groups -OCH3 is 1. The minimum absolute atomic E-state index is 0.0177. The third-order valence-corrected chi connectivity index (χ3v) is 3.17. The Morgan fingerprint density at radius 2 is 2.00 bits per heavy atom. The standard InChI is InChI=1S/C15H13ClO5/c1-20-13-4-2-3-10(15(18)19)11(13)8-21-14-6-5-9(17)7-12(14)16/h2-7,17H,8H2,1H3,(H,18,19). The van der Waals surface area contributed by atoms with Crippen molar-refractivity contribution in [2.75, 3.05) is 7.11 Å². The molecule has 0 heterocycles. The van der Waals surface area contributed by atoms with Gasteiger partial charge in [-0.25, -0.2) is 4.79 Å². The number of hydrogen-bond acceptors (Lipinski definition) is 4. The van der Waals surface area contributed by atoms with Crippen molar-refractivity contribution < 1.29 is 24.5 Å². The maximum Gasteiger partial charge on any atom is 0.336 e. The molecule has 0 saturated heterocycles. The van der Waals surface area contributed by atoms with E-state index in [1.807, 2.05) is 0 Å². The van der Waals surface area contributed by atoms with Crippen LogP contribution in [0.3, 0.4) is 0 Å². The number of phenols is 1. The third-order valence-electron chi connectivity index (χ3n) is 2.87. The molecule has 21 heavy (non-hydrogen) atoms. The van der Waals surface area contributed by atoms with E-state index in [2.05, 4.69) is 0 Å². The van der Waals surface area contributed by atoms with Crippen LogP contribution in [0.5, 0.6) is 17.2 Å². The Bertz CT molecular complexity index is 669. The number of rotatable bonds is 5. The maximum absolute atomic E-state index is 11.2. The van der Waals surface area contributed by atoms with Gasteiger partial charge in [-0.3, -0.25) is 0 Å². The molecule has 0 atom stereocenters. The fraction of sp³-hybridized carbons (Fsp3) is 0.133. The zero-order chi connectivity index (χ0) is 15.4. The molecular formula is C15H13ClO5. The van der Waals surface area contributed by atoms with Crippen molar-refractivity contribution in [3.63, 3.8) is 0 Å². The van der Waals surface area contributed by atoms with Crippen LogP contribution < -0.4 is 9.47 Å². The Hall–Kier alpha value is -2.40. The van der Waals surface area contributed by atoms with Gasteiger partial charge in [-0.1, -0.05) is 17.7 Å². The van der Waals surface area contributed by atoms with E-state index in [9.17, 15) is 15.0 Å². The Morgan fingerprint density at radius 3 is 2.62 bits per heavy atom. The summed E-state index contributed by atoms with van der Waals surface area (Å²) in [6, 6.07) is 9.01. The largest absolute Gasteiger partial charge is 0.508 e. The Balaban J connectivity index is 2.28. The molecule has 0 amide bonds. The third kappa shape index (κ3) is 3.38. The van der Waals surface area contributed by atoms with Crippen molar-refractivity contribution in [3.05, 3.63) is 52.5 Å². The lowest BCUT2D eigenvalue weighted by atomic mass is 10.1. The Kier molecular flexibility index (Phi) is 4.55. The number of carbonyl (C=O) groups is 1. The van der Waals surface area contributed by atoms with Crippen molar-refractivity contribution in [1.29, 1.82) is 0 Å². The minimum Gasteiger partial charge on any atom is -0.508 e. The van der Waals surface area contributed by atoms with Crippen molar-refractivity contribution >= 4 is 17.6 Å². The van der Waals surface area contributed by atoms with E-state index in [4.69, 9.17) is 21.1 Å². The van der Waals surface area contributed by atoms with Crippen LogP contribution in [0, 0.1) is 0 Å². The van der Waals surface area contributed by atoms with E-state index < -0.39 is 5.97 Å². The van der Waals surface area contributed by atoms with Gasteiger partial charge in [0.05, 0.1) is 17.7 Å². The molecule has 0 aliphatic rings. The first-order valence-electron chi connectivity index (χ1n) is 6.03. The summed E-state index contributed by atoms with van der Waals surface area (Å²) in [5.41, 5.74) is 0.515. The predicted molar refractivity (Wildman–Crippen MR) is 77.4 cm³/mol. The van der Waals surface area contributed by atoms with Crippen LogP contribution in [0.4, 0.5) is 0 Å². The topological polar surface area (TPSA) is 76.0 Å². The van der Waals surface area contributed by atoms with Gasteiger partial charge < -0.3 is 19.7 Å². The number of benzene rings is 2. The first-order valence-corrected chi connectivity index (χ1v) is 6.41. The SMILES string of the molecule is COc1cccc(C(=O)O)c1COc1ccc(O)cc1Cl. The van der Waals surface area contributed by atoms with E-state index in [0.29, 0.717) is 17.1 Å². The van der Waals surface area contributed by atoms with Gasteiger partial charge in [0.2, 0.25) is 0 Å². The molecule has 2 rings (SSSR count). The second-order valence-electron chi connectivity index (χ2n) is 4.19. The number of hydrogen-bond donors (Lipinski definition) is 2. The number of carboxylic acids is 1. The zero-order valence-corrected chi connectivity index (χ0v) is 11.9. The van der Waals surface area contributed by atoms with Crippen molar-refractivity contribution in [1.82, 2.24) is 0 Å². The van der Waals surface area contributed by atoms with E-state index >= 15 is 0 Å². The van der Waals surface area contributed by atoms with Crippen molar-refractivity contribution in [3.8, 4) is 17.2 Å². The van der Waals surface area contributed by atoms with Gasteiger partial charge in [-0.05, 0) is 24.3 Å². The highest BCUT2D eigenvalue weighted by Gasteiger charge is 2.15. The number of aromatic carboxylic acids is 1. The summed E-state index contributed by atoms with van der Waals surface area (Å²) in [6.07, 6.45) is 0. The van der Waals surface area contributed by atoms with Crippen LogP contribution in [0.2, 0.25) is 5.02 Å². The predicted octanol–water partition coefficient (Wildman–Crippen LogP) is 3.33. The lowest BCUT2D eigenvalue weighted by molar-refractivity contribution is 0.0693. The number of phenolic OH excluding ortho intramolecular Hbond substituents is 1. The fourth-order valence-corrected chi connectivity index (χ4v) is 2.09. The minimum atomic E-state index is -1.07. The van der Waals surface area contributed by atoms with Crippen LogP contribution >= 0.6 is 11.6 Å². The quantitative estimate of drug-likeness (QED) is 0.886. The number of aromatic hydroxyl groups is 1. The lowest BCUT2D eigenvalue weighted by Crippen LogP contribution is -2.07. The summed E-state index contributed by atoms with van der Waals surface area (Å²) in [4.78, 5) is 11.2. The van der Waals surface area contributed by atoms with Gasteiger partial charge in [0, 0.05) is 11.6 Å². The molecule has 0 unspecified atom stereocenters. The smallest absolute Gasteiger partial charge is 0.336 e. The van der Waals surface area contributed by atoms with Crippen LogP contribution in [-0.2, 0) is 6.61 Å². The van der Waals surface area contributed by atoms with E-state index in [1.165, 1.54) is 31.4 Å². The van der Waals surface area contributed by atoms with Crippen LogP contribution in [0.25, 0.3) is 0 Å². The van der Waals surface area contributed by atoms with Gasteiger partial charge in [-0.15, -0.1) is 0 Å². The summed E-state index contributed by atoms with van der Waals surface area (Å²) in [5.74, 6) is -0.276. The number of halogens is 1. The normalized spacial score (nSPS) is 10.2. The van der Waals surface area contributed by atoms with Gasteiger partial charge in [0.25, 0.3) is 0 Å². The number of ether oxygens (including phenoxy) is 2. The highest BCUT2D eigenvalue weighted by atomic mass is 35.5. The molecule has 0 aliphatic heterocycles. The van der Waals surface area contributed by atoms with Crippen molar-refractivity contribution in [2.24, 2.45) is 0 Å². The monoisotopic (exact) mass is 308 g/mol. The van der Waals surface area contributed by atoms with Gasteiger partial charge in [0.15, 0.2) is 0 Å². The van der Waals surface area contributed by atoms with E-state index in [1.54, 1.807) is 12.1 Å². The summed E-state index contributed by atoms with van der Waals surface area (Å²) in [6.45, 7) is -0.0177. The molecule has 2 N–H and O–H groups in total. The molecule has 0 radical (unpaired) electrons. The highest BCUT2D eigenvalue weighted by molar-refractivity contribution is 6.32. The molecule has 110 valence electrons. The first-order chi connectivity index (χ1) is 10.0. The fourth-order valence-electron chi connectivity index (χ4n) is 1.86. The molecule has 0 bridgehead atoms. The molecule has 2 aromatic rings. The second kappa shape index (κ2) is 6.37. The van der Waals surface area contributed by atoms with Gasteiger partial charge in [0.1, 0.15) is 23.9 Å². The van der Waals surface area contributed by atoms with Crippen LogP contribution in [0.15, 0.2) is 36.4 Å². The van der Waals surface area contributed by atoms with Crippen molar-refractivity contribution in [2.45, 2.75) is 6.61 Å². The summed E-state index contributed by atoms with van der Waals surface area (Å²) in [5, 5.41) is 18.7. The van der Waals surface area contributed by atoms with Gasteiger partial charge in [-0.2, -0.15) is 0 Å². The Labute approximate surface area is 126 Å². The van der Waals surface area contributed by atoms with E-state index in [-0.39, 0.29) is 22.9 Å². The summed E-state index contributed by atoms with van der Waals surface area (Å²) < 4.78 is 10.7. The average Bonchev–Trinajstić information content (AvgIpc) is 2.45. The zero-order valence-electron chi connectivity index (χ0n) is 11.2. The molecule has 5 nitrogen and oxygen atoms in total. The highest BCUT2D eigenvalue weighted by Crippen LogP contribution is 2.30. The summed E-state index contributed by atoms with van der Waals surface area (Å²) in [7, 11) is 1.46. The Morgan fingerprint density at radius 1 is 1.24 bits per heavy atom. The maximum atomic E-state index is 11.2. The molecule has 2 aromatic carbocycles. The number of carboxylic acid groups (broad SMARTS) is 1. The van der Waals surface area contributed by atoms with Crippen LogP contribution in [-0.4, -0.2) is 23.3 Å². The van der Waals surface area contributed by atoms with E-state index in [0.717, 1.165) is 0 Å². The molecule has 0 saturated carbocycles. The first kappa shape index (κ1) is 15.0. The lowest BCUT2D eigenvalue weighted by Gasteiger charge is -2.13. The summed E-state index contributed by atoms with van der Waals surface area (Å²) >= 11 is 5.94. The van der Waals surface area contributed by atoms with Gasteiger partial charge >= 0.3 is 5.97 Å². The molecule has 0 fully saturated rings. The molecule has 6 heteroatoms. The molecule has 0 aliphatic carbocycles. The molecule has 0 aromatic heterocycles. The molecule has 0 spiro atoms. The molecular weight excluding hydrogens is 296 g/mol.